The highest BCUT2D eigenvalue weighted by Crippen LogP contribution is 2.53. The zero-order valence-corrected chi connectivity index (χ0v) is 8.66. The smallest absolute Gasteiger partial charge is 0.0386 e. The molecule has 14 heavy (non-hydrogen) atoms. The molecule has 1 aromatic carbocycles. The molecule has 0 saturated heterocycles. The van der Waals surface area contributed by atoms with Crippen LogP contribution in [0.5, 0.6) is 0 Å². The van der Waals surface area contributed by atoms with Crippen LogP contribution in [0.15, 0.2) is 30.3 Å². The van der Waals surface area contributed by atoms with E-state index in [2.05, 4.69) is 35.6 Å². The average Bonchev–Trinajstić information content (AvgIpc) is 3.02. The van der Waals surface area contributed by atoms with Gasteiger partial charge in [0, 0.05) is 11.5 Å². The summed E-state index contributed by atoms with van der Waals surface area (Å²) in [4.78, 5) is 0. The van der Waals surface area contributed by atoms with Gasteiger partial charge in [-0.3, -0.25) is 0 Å². The number of nitrogens with two attached hydrogens (primary N) is 1. The van der Waals surface area contributed by atoms with Gasteiger partial charge < -0.3 is 11.1 Å². The number of rotatable bonds is 4. The molecule has 0 bridgehead atoms. The normalized spacial score (nSPS) is 20.4. The Balaban J connectivity index is 2.22. The van der Waals surface area contributed by atoms with Crippen molar-refractivity contribution in [2.45, 2.75) is 18.9 Å². The Hall–Kier alpha value is -0.860. The molecule has 0 radical (unpaired) electrons. The molecule has 0 amide bonds. The maximum atomic E-state index is 5.84. The lowest BCUT2D eigenvalue weighted by atomic mass is 9.90. The van der Waals surface area contributed by atoms with E-state index in [1.165, 1.54) is 18.4 Å². The molecular weight excluding hydrogens is 172 g/mol. The Morgan fingerprint density at radius 1 is 1.36 bits per heavy atom. The second-order valence-corrected chi connectivity index (χ2v) is 4.20. The van der Waals surface area contributed by atoms with E-state index in [1.807, 2.05) is 7.05 Å². The van der Waals surface area contributed by atoms with E-state index < -0.39 is 0 Å². The second kappa shape index (κ2) is 3.71. The summed E-state index contributed by atoms with van der Waals surface area (Å²) < 4.78 is 0. The highest BCUT2D eigenvalue weighted by Gasteiger charge is 2.47. The average molecular weight is 190 g/mol. The predicted molar refractivity (Wildman–Crippen MR) is 59.0 cm³/mol. The lowest BCUT2D eigenvalue weighted by Crippen LogP contribution is -2.32. The highest BCUT2D eigenvalue weighted by atomic mass is 14.9. The van der Waals surface area contributed by atoms with Crippen molar-refractivity contribution in [2.24, 2.45) is 11.1 Å². The Morgan fingerprint density at radius 3 is 2.43 bits per heavy atom. The molecule has 0 heterocycles. The van der Waals surface area contributed by atoms with E-state index in [9.17, 15) is 0 Å². The molecule has 0 aliphatic heterocycles. The van der Waals surface area contributed by atoms with Gasteiger partial charge in [0.05, 0.1) is 0 Å². The van der Waals surface area contributed by atoms with Crippen LogP contribution < -0.4 is 11.1 Å². The van der Waals surface area contributed by atoms with Crippen molar-refractivity contribution in [3.8, 4) is 0 Å². The van der Waals surface area contributed by atoms with Crippen molar-refractivity contribution < 1.29 is 0 Å². The van der Waals surface area contributed by atoms with Gasteiger partial charge in [-0.1, -0.05) is 30.3 Å². The molecule has 1 aliphatic rings. The quantitative estimate of drug-likeness (QED) is 0.758. The van der Waals surface area contributed by atoms with Gasteiger partial charge in [0.15, 0.2) is 0 Å². The van der Waals surface area contributed by atoms with Crippen LogP contribution >= 0.6 is 0 Å². The lowest BCUT2D eigenvalue weighted by Gasteiger charge is -2.25. The summed E-state index contributed by atoms with van der Waals surface area (Å²) in [6, 6.07) is 11.0. The van der Waals surface area contributed by atoms with Gasteiger partial charge in [-0.15, -0.1) is 0 Å². The van der Waals surface area contributed by atoms with Crippen molar-refractivity contribution in [1.82, 2.24) is 5.32 Å². The lowest BCUT2D eigenvalue weighted by molar-refractivity contribution is 0.366. The number of benzene rings is 1. The standard InChI is InChI=1S/C12H18N2/c1-14-11(12(9-13)7-8-12)10-5-3-2-4-6-10/h2-6,11,14H,7-9,13H2,1H3. The summed E-state index contributed by atoms with van der Waals surface area (Å²) in [5.41, 5.74) is 7.53. The van der Waals surface area contributed by atoms with Gasteiger partial charge in [-0.2, -0.15) is 0 Å². The first-order valence-electron chi connectivity index (χ1n) is 5.25. The third kappa shape index (κ3) is 1.56. The monoisotopic (exact) mass is 190 g/mol. The van der Waals surface area contributed by atoms with E-state index in [-0.39, 0.29) is 0 Å². The summed E-state index contributed by atoms with van der Waals surface area (Å²) in [6.45, 7) is 0.785. The number of nitrogens with one attached hydrogen (secondary N) is 1. The van der Waals surface area contributed by atoms with Gasteiger partial charge >= 0.3 is 0 Å². The maximum absolute atomic E-state index is 5.84. The molecule has 3 N–H and O–H groups in total. The topological polar surface area (TPSA) is 38.0 Å². The van der Waals surface area contributed by atoms with Crippen molar-refractivity contribution in [3.05, 3.63) is 35.9 Å². The van der Waals surface area contributed by atoms with Crippen molar-refractivity contribution in [1.29, 1.82) is 0 Å². The first-order valence-corrected chi connectivity index (χ1v) is 5.25. The van der Waals surface area contributed by atoms with Gasteiger partial charge in [-0.05, 0) is 32.0 Å². The van der Waals surface area contributed by atoms with E-state index in [0.29, 0.717) is 11.5 Å². The van der Waals surface area contributed by atoms with E-state index >= 15 is 0 Å². The van der Waals surface area contributed by atoms with Crippen LogP contribution in [-0.2, 0) is 0 Å². The van der Waals surface area contributed by atoms with Crippen LogP contribution in [0, 0.1) is 5.41 Å². The van der Waals surface area contributed by atoms with Gasteiger partial charge in [0.25, 0.3) is 0 Å². The van der Waals surface area contributed by atoms with Crippen LogP contribution in [0.3, 0.4) is 0 Å². The molecule has 1 atom stereocenters. The van der Waals surface area contributed by atoms with E-state index in [0.717, 1.165) is 6.54 Å². The van der Waals surface area contributed by atoms with Crippen LogP contribution in [-0.4, -0.2) is 13.6 Å². The SMILES string of the molecule is CNC(c1ccccc1)C1(CN)CC1. The Morgan fingerprint density at radius 2 is 2.00 bits per heavy atom. The summed E-state index contributed by atoms with van der Waals surface area (Å²) >= 11 is 0. The Kier molecular flexibility index (Phi) is 2.57. The van der Waals surface area contributed by atoms with Crippen molar-refractivity contribution >= 4 is 0 Å². The fourth-order valence-electron chi connectivity index (χ4n) is 2.24. The van der Waals surface area contributed by atoms with Crippen LogP contribution in [0.4, 0.5) is 0 Å². The molecule has 1 unspecified atom stereocenters. The minimum atomic E-state index is 0.329. The summed E-state index contributed by atoms with van der Waals surface area (Å²) in [6.07, 6.45) is 2.51. The first kappa shape index (κ1) is 9.69. The molecule has 1 fully saturated rings. The summed E-state index contributed by atoms with van der Waals surface area (Å²) in [5, 5.41) is 3.39. The van der Waals surface area contributed by atoms with Crippen LogP contribution in [0.1, 0.15) is 24.4 Å². The fraction of sp³-hybridized carbons (Fsp3) is 0.500. The van der Waals surface area contributed by atoms with E-state index in [1.54, 1.807) is 0 Å². The highest BCUT2D eigenvalue weighted by molar-refractivity contribution is 5.24. The van der Waals surface area contributed by atoms with E-state index in [4.69, 9.17) is 5.73 Å². The minimum Gasteiger partial charge on any atom is -0.330 e. The third-order valence-corrected chi connectivity index (χ3v) is 3.33. The van der Waals surface area contributed by atoms with Crippen LogP contribution in [0.2, 0.25) is 0 Å². The molecular formula is C12H18N2. The zero-order valence-electron chi connectivity index (χ0n) is 8.66. The Labute approximate surface area is 85.5 Å². The fourth-order valence-corrected chi connectivity index (χ4v) is 2.24. The third-order valence-electron chi connectivity index (χ3n) is 3.33. The molecule has 76 valence electrons. The number of hydrogen-bond donors (Lipinski definition) is 2. The predicted octanol–water partition coefficient (Wildman–Crippen LogP) is 1.69. The van der Waals surface area contributed by atoms with Crippen molar-refractivity contribution in [2.75, 3.05) is 13.6 Å². The Bertz CT molecular complexity index is 290. The molecule has 1 aromatic rings. The van der Waals surface area contributed by atoms with Crippen LogP contribution in [0.25, 0.3) is 0 Å². The molecule has 0 spiro atoms. The van der Waals surface area contributed by atoms with Gasteiger partial charge in [0.2, 0.25) is 0 Å². The molecule has 1 saturated carbocycles. The summed E-state index contributed by atoms with van der Waals surface area (Å²) in [7, 11) is 2.02. The van der Waals surface area contributed by atoms with Gasteiger partial charge in [0.1, 0.15) is 0 Å². The summed E-state index contributed by atoms with van der Waals surface area (Å²) in [5.74, 6) is 0. The maximum Gasteiger partial charge on any atom is 0.0386 e. The number of hydrogen-bond acceptors (Lipinski definition) is 2. The second-order valence-electron chi connectivity index (χ2n) is 4.20. The first-order chi connectivity index (χ1) is 6.82. The molecule has 2 nitrogen and oxygen atoms in total. The molecule has 2 rings (SSSR count). The largest absolute Gasteiger partial charge is 0.330 e. The molecule has 2 heteroatoms. The zero-order chi connectivity index (χ0) is 10.0. The van der Waals surface area contributed by atoms with Crippen molar-refractivity contribution in [3.63, 3.8) is 0 Å². The van der Waals surface area contributed by atoms with Gasteiger partial charge in [-0.25, -0.2) is 0 Å². The molecule has 1 aliphatic carbocycles. The molecule has 0 aromatic heterocycles. The minimum absolute atomic E-state index is 0.329.